The number of amides is 1. The number of benzene rings is 1. The van der Waals surface area contributed by atoms with E-state index in [1.165, 1.54) is 11.8 Å². The third-order valence-electron chi connectivity index (χ3n) is 4.04. The molecule has 5 heteroatoms. The summed E-state index contributed by atoms with van der Waals surface area (Å²) in [5.74, 6) is -0.294. The van der Waals surface area contributed by atoms with E-state index < -0.39 is 0 Å². The van der Waals surface area contributed by atoms with E-state index in [2.05, 4.69) is 39.6 Å². The number of aryl methyl sites for hydroxylation is 1. The van der Waals surface area contributed by atoms with Crippen molar-refractivity contribution >= 4 is 5.91 Å². The Morgan fingerprint density at radius 2 is 1.92 bits per heavy atom. The number of hydrogen-bond donors (Lipinski definition) is 1. The number of aromatic nitrogens is 2. The smallest absolute Gasteiger partial charge is 0.270 e. The molecule has 1 aromatic carbocycles. The summed E-state index contributed by atoms with van der Waals surface area (Å²) < 4.78 is 0. The van der Waals surface area contributed by atoms with Crippen LogP contribution < -0.4 is 5.32 Å². The van der Waals surface area contributed by atoms with Gasteiger partial charge >= 0.3 is 0 Å². The van der Waals surface area contributed by atoms with Crippen molar-refractivity contribution in [1.82, 2.24) is 15.3 Å². The summed E-state index contributed by atoms with van der Waals surface area (Å²) in [5.41, 5.74) is 3.78. The summed E-state index contributed by atoms with van der Waals surface area (Å²) in [7, 11) is 0. The Morgan fingerprint density at radius 1 is 1.12 bits per heavy atom. The predicted molar refractivity (Wildman–Crippen MR) is 98.3 cm³/mol. The van der Waals surface area contributed by atoms with Crippen LogP contribution in [0, 0.1) is 18.3 Å². The average molecular weight is 342 g/mol. The van der Waals surface area contributed by atoms with Gasteiger partial charge in [0.1, 0.15) is 11.8 Å². The molecule has 5 nitrogen and oxygen atoms in total. The number of carbonyl (C=O) groups excluding carboxylic acids is 1. The van der Waals surface area contributed by atoms with E-state index >= 15 is 0 Å². The van der Waals surface area contributed by atoms with Gasteiger partial charge in [0, 0.05) is 12.4 Å². The largest absolute Gasteiger partial charge is 0.342 e. The number of pyridine rings is 2. The fourth-order valence-corrected chi connectivity index (χ4v) is 2.60. The molecule has 0 spiro atoms. The third-order valence-corrected chi connectivity index (χ3v) is 4.04. The first-order valence-electron chi connectivity index (χ1n) is 8.29. The Balaban J connectivity index is 1.82. The van der Waals surface area contributed by atoms with Gasteiger partial charge in [-0.05, 0) is 43.2 Å². The average Bonchev–Trinajstić information content (AvgIpc) is 2.70. The Morgan fingerprint density at radius 3 is 2.54 bits per heavy atom. The highest BCUT2D eigenvalue weighted by atomic mass is 16.1. The molecule has 0 bridgehead atoms. The molecule has 1 atom stereocenters. The van der Waals surface area contributed by atoms with Crippen LogP contribution in [-0.2, 0) is 6.42 Å². The van der Waals surface area contributed by atoms with Crippen LogP contribution in [0.1, 0.15) is 38.9 Å². The zero-order valence-electron chi connectivity index (χ0n) is 14.4. The van der Waals surface area contributed by atoms with Crippen LogP contribution in [0.3, 0.4) is 0 Å². The van der Waals surface area contributed by atoms with Crippen molar-refractivity contribution in [2.45, 2.75) is 19.4 Å². The minimum Gasteiger partial charge on any atom is -0.342 e. The maximum absolute atomic E-state index is 12.6. The molecule has 0 aliphatic heterocycles. The van der Waals surface area contributed by atoms with Gasteiger partial charge in [-0.1, -0.05) is 35.9 Å². The number of hydrogen-bond acceptors (Lipinski definition) is 4. The topological polar surface area (TPSA) is 78.7 Å². The molecule has 2 aromatic heterocycles. The van der Waals surface area contributed by atoms with Gasteiger partial charge in [0.15, 0.2) is 0 Å². The molecule has 0 saturated heterocycles. The molecule has 3 aromatic rings. The molecule has 3 rings (SSSR count). The monoisotopic (exact) mass is 342 g/mol. The lowest BCUT2D eigenvalue weighted by Gasteiger charge is -2.18. The van der Waals surface area contributed by atoms with Gasteiger partial charge in [-0.15, -0.1) is 0 Å². The van der Waals surface area contributed by atoms with Crippen molar-refractivity contribution in [1.29, 1.82) is 5.26 Å². The number of nitriles is 1. The highest BCUT2D eigenvalue weighted by Crippen LogP contribution is 2.18. The van der Waals surface area contributed by atoms with Gasteiger partial charge in [-0.25, -0.2) is 4.98 Å². The van der Waals surface area contributed by atoms with E-state index in [1.807, 2.05) is 31.2 Å². The van der Waals surface area contributed by atoms with Gasteiger partial charge < -0.3 is 5.32 Å². The highest BCUT2D eigenvalue weighted by molar-refractivity contribution is 5.92. The van der Waals surface area contributed by atoms with E-state index in [9.17, 15) is 4.79 Å². The van der Waals surface area contributed by atoms with Crippen molar-refractivity contribution in [3.05, 3.63) is 95.1 Å². The number of rotatable bonds is 5. The molecular formula is C21H18N4O. The minimum atomic E-state index is -0.294. The maximum Gasteiger partial charge on any atom is 0.270 e. The predicted octanol–water partition coefficient (Wildman–Crippen LogP) is 3.37. The van der Waals surface area contributed by atoms with E-state index in [1.54, 1.807) is 18.3 Å². The van der Waals surface area contributed by atoms with E-state index in [4.69, 9.17) is 5.26 Å². The molecule has 2 heterocycles. The molecule has 0 saturated carbocycles. The lowest BCUT2D eigenvalue weighted by atomic mass is 10.0. The fourth-order valence-electron chi connectivity index (χ4n) is 2.60. The molecular weight excluding hydrogens is 324 g/mol. The zero-order valence-corrected chi connectivity index (χ0v) is 14.4. The number of nitrogens with zero attached hydrogens (tertiary/aromatic N) is 3. The van der Waals surface area contributed by atoms with E-state index in [-0.39, 0.29) is 17.6 Å². The van der Waals surface area contributed by atoms with Crippen LogP contribution >= 0.6 is 0 Å². The lowest BCUT2D eigenvalue weighted by Crippen LogP contribution is -2.31. The van der Waals surface area contributed by atoms with Crippen molar-refractivity contribution in [3.63, 3.8) is 0 Å². The van der Waals surface area contributed by atoms with Gasteiger partial charge in [0.05, 0.1) is 17.3 Å². The van der Waals surface area contributed by atoms with Crippen LogP contribution in [0.15, 0.2) is 67.0 Å². The summed E-state index contributed by atoms with van der Waals surface area (Å²) in [6, 6.07) is 18.7. The SMILES string of the molecule is Cc1ccc(C[C@H](NC(=O)c2ccc(C#N)cn2)c2ccccn2)cc1. The number of carbonyl (C=O) groups is 1. The van der Waals surface area contributed by atoms with Gasteiger partial charge in [0.25, 0.3) is 5.91 Å². The van der Waals surface area contributed by atoms with Crippen molar-refractivity contribution in [3.8, 4) is 6.07 Å². The van der Waals surface area contributed by atoms with E-state index in [0.717, 1.165) is 11.3 Å². The normalized spacial score (nSPS) is 11.4. The van der Waals surface area contributed by atoms with Crippen LogP contribution in [0.4, 0.5) is 0 Å². The summed E-state index contributed by atoms with van der Waals surface area (Å²) in [4.78, 5) is 21.0. The first kappa shape index (κ1) is 17.3. The third kappa shape index (κ3) is 4.31. The van der Waals surface area contributed by atoms with Crippen LogP contribution in [0.25, 0.3) is 0 Å². The van der Waals surface area contributed by atoms with E-state index in [0.29, 0.717) is 12.0 Å². The van der Waals surface area contributed by atoms with Gasteiger partial charge in [0.2, 0.25) is 0 Å². The van der Waals surface area contributed by atoms with Crippen LogP contribution in [-0.4, -0.2) is 15.9 Å². The first-order valence-corrected chi connectivity index (χ1v) is 8.29. The molecule has 1 amide bonds. The summed E-state index contributed by atoms with van der Waals surface area (Å²) in [5, 5.41) is 11.8. The Kier molecular flexibility index (Phi) is 5.35. The van der Waals surface area contributed by atoms with Gasteiger partial charge in [-0.2, -0.15) is 5.26 Å². The fraction of sp³-hybridized carbons (Fsp3) is 0.143. The molecule has 26 heavy (non-hydrogen) atoms. The Hall–Kier alpha value is -3.52. The van der Waals surface area contributed by atoms with Crippen molar-refractivity contribution in [2.24, 2.45) is 0 Å². The molecule has 0 fully saturated rings. The summed E-state index contributed by atoms with van der Waals surface area (Å²) in [6.07, 6.45) is 3.73. The van der Waals surface area contributed by atoms with Crippen molar-refractivity contribution < 1.29 is 4.79 Å². The second kappa shape index (κ2) is 8.04. The summed E-state index contributed by atoms with van der Waals surface area (Å²) >= 11 is 0. The molecule has 0 aliphatic rings. The maximum atomic E-state index is 12.6. The number of nitrogens with one attached hydrogen (secondary N) is 1. The van der Waals surface area contributed by atoms with Crippen LogP contribution in [0.2, 0.25) is 0 Å². The standard InChI is InChI=1S/C21H18N4O/c1-15-5-7-16(8-6-15)12-20(18-4-2-3-11-23-18)25-21(26)19-10-9-17(13-22)14-24-19/h2-11,14,20H,12H2,1H3,(H,25,26)/t20-/m0/s1. The molecule has 128 valence electrons. The van der Waals surface area contributed by atoms with Crippen molar-refractivity contribution in [2.75, 3.05) is 0 Å². The first-order chi connectivity index (χ1) is 12.7. The minimum absolute atomic E-state index is 0.272. The van der Waals surface area contributed by atoms with Gasteiger partial charge in [-0.3, -0.25) is 9.78 Å². The second-order valence-corrected chi connectivity index (χ2v) is 6.01. The molecule has 0 unspecified atom stereocenters. The molecule has 0 radical (unpaired) electrons. The Labute approximate surface area is 152 Å². The quantitative estimate of drug-likeness (QED) is 0.771. The molecule has 1 N–H and O–H groups in total. The second-order valence-electron chi connectivity index (χ2n) is 6.01. The summed E-state index contributed by atoms with van der Waals surface area (Å²) in [6.45, 7) is 2.04. The lowest BCUT2D eigenvalue weighted by molar-refractivity contribution is 0.0930. The van der Waals surface area contributed by atoms with Crippen LogP contribution in [0.5, 0.6) is 0 Å². The highest BCUT2D eigenvalue weighted by Gasteiger charge is 2.18. The zero-order chi connectivity index (χ0) is 18.4. The Bertz CT molecular complexity index is 913. The molecule has 0 aliphatic carbocycles.